The second kappa shape index (κ2) is 5.78. The number of nitrogens with zero attached hydrogens (tertiary/aromatic N) is 1. The number of hydrogen-bond donors (Lipinski definition) is 1. The number of hydrogen-bond acceptors (Lipinski definition) is 4. The van der Waals surface area contributed by atoms with Gasteiger partial charge in [-0.1, -0.05) is 30.3 Å². The number of nitrogens with two attached hydrogens (primary N) is 1. The number of carbonyl (C=O) groups excluding carboxylic acids is 1. The highest BCUT2D eigenvalue weighted by atomic mass is 16.5. The molecule has 0 saturated heterocycles. The highest BCUT2D eigenvalue weighted by Gasteiger charge is 2.09. The van der Waals surface area contributed by atoms with Gasteiger partial charge in [-0.2, -0.15) is 5.26 Å². The fourth-order valence-electron chi connectivity index (χ4n) is 1.02. The van der Waals surface area contributed by atoms with Gasteiger partial charge in [-0.25, -0.2) is 0 Å². The summed E-state index contributed by atoms with van der Waals surface area (Å²) in [5, 5.41) is 8.39. The number of carbonyl (C=O) groups is 1. The SMILES string of the molecule is N#C[C@@H](N)CC(=O)OCc1ccccc1. The molecular weight excluding hydrogens is 192 g/mol. The van der Waals surface area contributed by atoms with Crippen molar-refractivity contribution in [3.05, 3.63) is 35.9 Å². The second-order valence-electron chi connectivity index (χ2n) is 3.09. The van der Waals surface area contributed by atoms with Crippen LogP contribution in [0.15, 0.2) is 30.3 Å². The minimum atomic E-state index is -0.784. The molecule has 0 aliphatic heterocycles. The smallest absolute Gasteiger partial charge is 0.308 e. The van der Waals surface area contributed by atoms with E-state index in [1.165, 1.54) is 0 Å². The molecule has 1 aromatic carbocycles. The summed E-state index contributed by atoms with van der Waals surface area (Å²) < 4.78 is 4.93. The van der Waals surface area contributed by atoms with Crippen LogP contribution in [-0.2, 0) is 16.1 Å². The predicted octanol–water partition coefficient (Wildman–Crippen LogP) is 0.971. The van der Waals surface area contributed by atoms with Gasteiger partial charge in [0, 0.05) is 0 Å². The molecule has 1 rings (SSSR count). The lowest BCUT2D eigenvalue weighted by atomic mass is 10.2. The van der Waals surface area contributed by atoms with E-state index in [9.17, 15) is 4.79 Å². The summed E-state index contributed by atoms with van der Waals surface area (Å²) >= 11 is 0. The molecule has 0 spiro atoms. The van der Waals surface area contributed by atoms with E-state index in [1.54, 1.807) is 6.07 Å². The summed E-state index contributed by atoms with van der Waals surface area (Å²) in [6, 6.07) is 10.3. The van der Waals surface area contributed by atoms with Gasteiger partial charge in [-0.05, 0) is 5.56 Å². The largest absolute Gasteiger partial charge is 0.461 e. The van der Waals surface area contributed by atoms with Crippen molar-refractivity contribution >= 4 is 5.97 Å². The minimum absolute atomic E-state index is 0.0661. The molecule has 0 unspecified atom stereocenters. The van der Waals surface area contributed by atoms with Crippen molar-refractivity contribution in [3.63, 3.8) is 0 Å². The first-order valence-corrected chi connectivity index (χ1v) is 4.57. The summed E-state index contributed by atoms with van der Waals surface area (Å²) in [6.07, 6.45) is -0.0661. The zero-order valence-corrected chi connectivity index (χ0v) is 8.22. The summed E-state index contributed by atoms with van der Waals surface area (Å²) in [5.41, 5.74) is 6.19. The van der Waals surface area contributed by atoms with Gasteiger partial charge < -0.3 is 10.5 Å². The average Bonchev–Trinajstić information content (AvgIpc) is 2.27. The third kappa shape index (κ3) is 4.25. The third-order valence-corrected chi connectivity index (χ3v) is 1.80. The molecule has 0 bridgehead atoms. The predicted molar refractivity (Wildman–Crippen MR) is 54.4 cm³/mol. The monoisotopic (exact) mass is 204 g/mol. The van der Waals surface area contributed by atoms with Crippen LogP contribution in [0.5, 0.6) is 0 Å². The Hall–Kier alpha value is -1.86. The maximum Gasteiger partial charge on any atom is 0.308 e. The first-order chi connectivity index (χ1) is 7.22. The Morgan fingerprint density at radius 1 is 1.47 bits per heavy atom. The number of esters is 1. The lowest BCUT2D eigenvalue weighted by molar-refractivity contribution is -0.145. The second-order valence-corrected chi connectivity index (χ2v) is 3.09. The first-order valence-electron chi connectivity index (χ1n) is 4.57. The van der Waals surface area contributed by atoms with Gasteiger partial charge in [0.25, 0.3) is 0 Å². The first kappa shape index (κ1) is 11.2. The van der Waals surface area contributed by atoms with Crippen molar-refractivity contribution in [1.82, 2.24) is 0 Å². The highest BCUT2D eigenvalue weighted by Crippen LogP contribution is 2.02. The molecule has 4 heteroatoms. The Labute approximate surface area is 88.3 Å². The summed E-state index contributed by atoms with van der Waals surface area (Å²) in [7, 11) is 0. The number of nitriles is 1. The molecule has 0 fully saturated rings. The Kier molecular flexibility index (Phi) is 4.32. The molecule has 0 aromatic heterocycles. The number of rotatable bonds is 4. The van der Waals surface area contributed by atoms with Gasteiger partial charge >= 0.3 is 5.97 Å². The Morgan fingerprint density at radius 2 is 2.13 bits per heavy atom. The van der Waals surface area contributed by atoms with Crippen molar-refractivity contribution in [3.8, 4) is 6.07 Å². The van der Waals surface area contributed by atoms with Gasteiger partial charge in [0.1, 0.15) is 12.6 Å². The highest BCUT2D eigenvalue weighted by molar-refractivity contribution is 5.70. The zero-order valence-electron chi connectivity index (χ0n) is 8.22. The number of ether oxygens (including phenoxy) is 1. The van der Waals surface area contributed by atoms with Crippen LogP contribution < -0.4 is 5.73 Å². The van der Waals surface area contributed by atoms with Gasteiger partial charge in [-0.15, -0.1) is 0 Å². The molecule has 15 heavy (non-hydrogen) atoms. The molecule has 4 nitrogen and oxygen atoms in total. The van der Waals surface area contributed by atoms with E-state index in [2.05, 4.69) is 0 Å². The number of benzene rings is 1. The van der Waals surface area contributed by atoms with Crippen LogP contribution in [0, 0.1) is 11.3 Å². The van der Waals surface area contributed by atoms with Gasteiger partial charge in [0.15, 0.2) is 0 Å². The maximum absolute atomic E-state index is 11.1. The van der Waals surface area contributed by atoms with E-state index >= 15 is 0 Å². The Balaban J connectivity index is 2.32. The van der Waals surface area contributed by atoms with Crippen LogP contribution in [-0.4, -0.2) is 12.0 Å². The topological polar surface area (TPSA) is 76.1 Å². The fourth-order valence-corrected chi connectivity index (χ4v) is 1.02. The molecule has 1 atom stereocenters. The van der Waals surface area contributed by atoms with Gasteiger partial charge in [-0.3, -0.25) is 4.79 Å². The average molecular weight is 204 g/mol. The molecule has 0 aliphatic carbocycles. The molecule has 2 N–H and O–H groups in total. The summed E-state index contributed by atoms with van der Waals surface area (Å²) in [4.78, 5) is 11.1. The summed E-state index contributed by atoms with van der Waals surface area (Å²) in [5.74, 6) is -0.451. The van der Waals surface area contributed by atoms with Crippen LogP contribution in [0.3, 0.4) is 0 Å². The van der Waals surface area contributed by atoms with Crippen molar-refractivity contribution in [2.75, 3.05) is 0 Å². The van der Waals surface area contributed by atoms with Crippen LogP contribution in [0.25, 0.3) is 0 Å². The quantitative estimate of drug-likeness (QED) is 0.741. The molecule has 0 radical (unpaired) electrons. The van der Waals surface area contributed by atoms with Crippen molar-refractivity contribution in [2.24, 2.45) is 5.73 Å². The van der Waals surface area contributed by atoms with E-state index in [-0.39, 0.29) is 13.0 Å². The standard InChI is InChI=1S/C11H12N2O2/c12-7-10(13)6-11(14)15-8-9-4-2-1-3-5-9/h1-5,10H,6,8,13H2/t10-/m0/s1. The van der Waals surface area contributed by atoms with E-state index < -0.39 is 12.0 Å². The molecule has 78 valence electrons. The lowest BCUT2D eigenvalue weighted by Crippen LogP contribution is -2.22. The van der Waals surface area contributed by atoms with Gasteiger partial charge in [0.05, 0.1) is 12.5 Å². The lowest BCUT2D eigenvalue weighted by Gasteiger charge is -2.05. The van der Waals surface area contributed by atoms with Crippen molar-refractivity contribution < 1.29 is 9.53 Å². The van der Waals surface area contributed by atoms with E-state index in [0.717, 1.165) is 5.56 Å². The maximum atomic E-state index is 11.1. The molecule has 1 aromatic rings. The minimum Gasteiger partial charge on any atom is -0.461 e. The molecule has 0 saturated carbocycles. The van der Waals surface area contributed by atoms with E-state index in [4.69, 9.17) is 15.7 Å². The fraction of sp³-hybridized carbons (Fsp3) is 0.273. The van der Waals surface area contributed by atoms with Crippen molar-refractivity contribution in [2.45, 2.75) is 19.1 Å². The molecule has 0 aliphatic rings. The molecule has 0 heterocycles. The van der Waals surface area contributed by atoms with Crippen molar-refractivity contribution in [1.29, 1.82) is 5.26 Å². The summed E-state index contributed by atoms with van der Waals surface area (Å²) in [6.45, 7) is 0.220. The Morgan fingerprint density at radius 3 is 2.73 bits per heavy atom. The molecular formula is C11H12N2O2. The van der Waals surface area contributed by atoms with Crippen LogP contribution in [0.4, 0.5) is 0 Å². The van der Waals surface area contributed by atoms with Crippen LogP contribution >= 0.6 is 0 Å². The van der Waals surface area contributed by atoms with Gasteiger partial charge in [0.2, 0.25) is 0 Å². The van der Waals surface area contributed by atoms with Crippen LogP contribution in [0.1, 0.15) is 12.0 Å². The normalized spacial score (nSPS) is 11.5. The molecule has 0 amide bonds. The Bertz CT molecular complexity index is 357. The van der Waals surface area contributed by atoms with E-state index in [0.29, 0.717) is 0 Å². The zero-order chi connectivity index (χ0) is 11.1. The third-order valence-electron chi connectivity index (χ3n) is 1.80. The van der Waals surface area contributed by atoms with Crippen LogP contribution in [0.2, 0.25) is 0 Å². The van der Waals surface area contributed by atoms with E-state index in [1.807, 2.05) is 30.3 Å².